The predicted molar refractivity (Wildman–Crippen MR) is 92.2 cm³/mol. The minimum absolute atomic E-state index is 0.0187. The van der Waals surface area contributed by atoms with Crippen LogP contribution in [0.1, 0.15) is 22.8 Å². The Kier molecular flexibility index (Phi) is 4.12. The number of carboxylic acid groups (broad SMARTS) is 1. The molecule has 2 aromatic carbocycles. The van der Waals surface area contributed by atoms with E-state index in [1.165, 1.54) is 31.2 Å². The molecule has 0 spiro atoms. The maximum atomic E-state index is 13.2. The molecule has 0 aliphatic carbocycles. The number of anilines is 1. The molecule has 1 aliphatic rings. The van der Waals surface area contributed by atoms with Gasteiger partial charge in [-0.15, -0.1) is 0 Å². The fraction of sp³-hybridized carbons (Fsp3) is 0.222. The highest BCUT2D eigenvalue weighted by atomic mass is 32.2. The summed E-state index contributed by atoms with van der Waals surface area (Å²) in [6.07, 6.45) is 0. The molecule has 0 aromatic heterocycles. The van der Waals surface area contributed by atoms with Gasteiger partial charge in [-0.2, -0.15) is 0 Å². The van der Waals surface area contributed by atoms with Crippen LogP contribution in [0.5, 0.6) is 0 Å². The average Bonchev–Trinajstić information content (AvgIpc) is 2.88. The van der Waals surface area contributed by atoms with E-state index in [1.807, 2.05) is 6.92 Å². The van der Waals surface area contributed by atoms with Crippen LogP contribution in [-0.2, 0) is 14.8 Å². The van der Waals surface area contributed by atoms with Gasteiger partial charge in [-0.05, 0) is 38.1 Å². The summed E-state index contributed by atoms with van der Waals surface area (Å²) in [4.78, 5) is 24.2. The first-order valence-electron chi connectivity index (χ1n) is 7.72. The maximum Gasteiger partial charge on any atom is 0.308 e. The molecule has 1 heterocycles. The van der Waals surface area contributed by atoms with Crippen molar-refractivity contribution >= 4 is 27.5 Å². The first-order valence-corrected chi connectivity index (χ1v) is 9.16. The van der Waals surface area contributed by atoms with Crippen molar-refractivity contribution in [2.45, 2.75) is 24.8 Å². The van der Waals surface area contributed by atoms with E-state index in [1.54, 1.807) is 24.3 Å². The normalized spacial score (nSPS) is 18.1. The molecule has 0 radical (unpaired) electrons. The Hall–Kier alpha value is -2.67. The number of rotatable bonds is 4. The van der Waals surface area contributed by atoms with Crippen molar-refractivity contribution in [1.82, 2.24) is 0 Å². The van der Waals surface area contributed by atoms with Gasteiger partial charge in [0.15, 0.2) is 5.78 Å². The third kappa shape index (κ3) is 2.70. The van der Waals surface area contributed by atoms with Crippen molar-refractivity contribution in [2.75, 3.05) is 4.31 Å². The van der Waals surface area contributed by atoms with Gasteiger partial charge in [0.1, 0.15) is 6.04 Å². The van der Waals surface area contributed by atoms with Gasteiger partial charge in [-0.1, -0.05) is 29.8 Å². The second kappa shape index (κ2) is 6.00. The number of para-hydroxylation sites is 1. The summed E-state index contributed by atoms with van der Waals surface area (Å²) >= 11 is 0. The highest BCUT2D eigenvalue weighted by Gasteiger charge is 2.48. The Bertz CT molecular complexity index is 950. The molecule has 25 heavy (non-hydrogen) atoms. The largest absolute Gasteiger partial charge is 0.481 e. The fourth-order valence-electron chi connectivity index (χ4n) is 2.96. The van der Waals surface area contributed by atoms with Gasteiger partial charge >= 0.3 is 5.97 Å². The zero-order valence-corrected chi connectivity index (χ0v) is 14.5. The summed E-state index contributed by atoms with van der Waals surface area (Å²) in [6, 6.07) is 11.2. The van der Waals surface area contributed by atoms with E-state index in [4.69, 9.17) is 0 Å². The van der Waals surface area contributed by atoms with Gasteiger partial charge in [0.25, 0.3) is 10.0 Å². The smallest absolute Gasteiger partial charge is 0.308 e. The molecule has 1 N–H and O–H groups in total. The number of fused-ring (bicyclic) bond motifs is 1. The number of carbonyl (C=O) groups is 2. The number of hydrogen-bond donors (Lipinski definition) is 1. The molecule has 0 amide bonds. The van der Waals surface area contributed by atoms with Crippen LogP contribution >= 0.6 is 0 Å². The molecule has 3 rings (SSSR count). The Morgan fingerprint density at radius 2 is 1.72 bits per heavy atom. The number of Topliss-reactive ketones (excluding diaryl/α,β-unsaturated/α-hetero) is 1. The number of hydrogen-bond acceptors (Lipinski definition) is 4. The molecular weight excluding hydrogens is 342 g/mol. The predicted octanol–water partition coefficient (Wildman–Crippen LogP) is 2.48. The van der Waals surface area contributed by atoms with Gasteiger partial charge in [-0.3, -0.25) is 13.9 Å². The van der Waals surface area contributed by atoms with Crippen LogP contribution in [0, 0.1) is 12.8 Å². The first-order chi connectivity index (χ1) is 11.7. The summed E-state index contributed by atoms with van der Waals surface area (Å²) < 4.78 is 27.3. The lowest BCUT2D eigenvalue weighted by atomic mass is 9.97. The zero-order chi connectivity index (χ0) is 18.4. The third-order valence-electron chi connectivity index (χ3n) is 4.37. The van der Waals surface area contributed by atoms with Crippen LogP contribution in [0.2, 0.25) is 0 Å². The van der Waals surface area contributed by atoms with Crippen molar-refractivity contribution < 1.29 is 23.1 Å². The highest BCUT2D eigenvalue weighted by Crippen LogP contribution is 2.39. The van der Waals surface area contributed by atoms with E-state index in [9.17, 15) is 23.1 Å². The van der Waals surface area contributed by atoms with Crippen molar-refractivity contribution in [1.29, 1.82) is 0 Å². The van der Waals surface area contributed by atoms with Gasteiger partial charge in [-0.25, -0.2) is 8.42 Å². The molecule has 130 valence electrons. The van der Waals surface area contributed by atoms with Crippen LogP contribution in [0.15, 0.2) is 53.4 Å². The average molecular weight is 359 g/mol. The number of aryl methyl sites for hydroxylation is 1. The van der Waals surface area contributed by atoms with Crippen molar-refractivity contribution in [3.63, 3.8) is 0 Å². The second-order valence-corrected chi connectivity index (χ2v) is 7.88. The number of sulfonamides is 1. The standard InChI is InChI=1S/C18H17NO5S/c1-11-7-9-13(10-8-11)25(23,24)19-15-6-4-3-5-14(15)17(20)16(19)12(2)18(21)22/h3-10,12,16H,1-2H3,(H,21,22). The SMILES string of the molecule is Cc1ccc(S(=O)(=O)N2c3ccccc3C(=O)C2C(C)C(=O)O)cc1. The number of benzene rings is 2. The van der Waals surface area contributed by atoms with Crippen LogP contribution in [0.4, 0.5) is 5.69 Å². The minimum Gasteiger partial charge on any atom is -0.481 e. The monoisotopic (exact) mass is 359 g/mol. The summed E-state index contributed by atoms with van der Waals surface area (Å²) in [5, 5.41) is 9.36. The Morgan fingerprint density at radius 1 is 1.12 bits per heavy atom. The molecule has 1 aliphatic heterocycles. The number of nitrogens with zero attached hydrogens (tertiary/aromatic N) is 1. The lowest BCUT2D eigenvalue weighted by Gasteiger charge is -2.28. The summed E-state index contributed by atoms with van der Waals surface area (Å²) in [5.41, 5.74) is 1.33. The summed E-state index contributed by atoms with van der Waals surface area (Å²) in [5.74, 6) is -2.91. The third-order valence-corrected chi connectivity index (χ3v) is 6.18. The lowest BCUT2D eigenvalue weighted by molar-refractivity contribution is -0.141. The molecule has 0 bridgehead atoms. The Balaban J connectivity index is 2.20. The summed E-state index contributed by atoms with van der Waals surface area (Å²) in [7, 11) is -4.08. The molecule has 2 aromatic rings. The highest BCUT2D eigenvalue weighted by molar-refractivity contribution is 7.93. The molecule has 0 saturated carbocycles. The lowest BCUT2D eigenvalue weighted by Crippen LogP contribution is -2.46. The van der Waals surface area contributed by atoms with E-state index in [0.29, 0.717) is 0 Å². The topological polar surface area (TPSA) is 91.8 Å². The Morgan fingerprint density at radius 3 is 2.32 bits per heavy atom. The maximum absolute atomic E-state index is 13.2. The molecule has 6 nitrogen and oxygen atoms in total. The Labute approximate surface area is 145 Å². The van der Waals surface area contributed by atoms with Crippen molar-refractivity contribution in [2.24, 2.45) is 5.92 Å². The number of ketones is 1. The van der Waals surface area contributed by atoms with Crippen molar-refractivity contribution in [3.05, 3.63) is 59.7 Å². The number of aliphatic carboxylic acids is 1. The van der Waals surface area contributed by atoms with Crippen LogP contribution in [0.25, 0.3) is 0 Å². The van der Waals surface area contributed by atoms with Crippen LogP contribution in [-0.4, -0.2) is 31.3 Å². The van der Waals surface area contributed by atoms with E-state index in [0.717, 1.165) is 9.87 Å². The van der Waals surface area contributed by atoms with E-state index >= 15 is 0 Å². The molecule has 0 saturated heterocycles. The van der Waals surface area contributed by atoms with Gasteiger partial charge in [0.05, 0.1) is 16.5 Å². The zero-order valence-electron chi connectivity index (χ0n) is 13.7. The number of carboxylic acids is 1. The van der Waals surface area contributed by atoms with Gasteiger partial charge in [0.2, 0.25) is 0 Å². The molecule has 2 atom stereocenters. The fourth-order valence-corrected chi connectivity index (χ4v) is 4.66. The van der Waals surface area contributed by atoms with Crippen LogP contribution in [0.3, 0.4) is 0 Å². The first kappa shape index (κ1) is 17.2. The van der Waals surface area contributed by atoms with Gasteiger partial charge < -0.3 is 5.11 Å². The van der Waals surface area contributed by atoms with Crippen LogP contribution < -0.4 is 4.31 Å². The van der Waals surface area contributed by atoms with E-state index in [-0.39, 0.29) is 16.1 Å². The quantitative estimate of drug-likeness (QED) is 0.905. The summed E-state index contributed by atoms with van der Waals surface area (Å²) in [6.45, 7) is 3.18. The number of carbonyl (C=O) groups excluding carboxylic acids is 1. The molecular formula is C18H17NO5S. The minimum atomic E-state index is -4.08. The molecule has 7 heteroatoms. The van der Waals surface area contributed by atoms with E-state index in [2.05, 4.69) is 0 Å². The second-order valence-electron chi connectivity index (χ2n) is 6.07. The van der Waals surface area contributed by atoms with Gasteiger partial charge in [0, 0.05) is 5.56 Å². The van der Waals surface area contributed by atoms with E-state index < -0.39 is 33.7 Å². The van der Waals surface area contributed by atoms with Crippen molar-refractivity contribution in [3.8, 4) is 0 Å². The molecule has 0 fully saturated rings. The molecule has 2 unspecified atom stereocenters.